The molecular formula is C19H21ClN4O5S. The molecule has 0 unspecified atom stereocenters. The first-order valence-electron chi connectivity index (χ1n) is 8.73. The summed E-state index contributed by atoms with van der Waals surface area (Å²) in [5.74, 6) is -0.679. The number of non-ortho nitro benzene ring substituents is 1. The molecule has 0 spiro atoms. The Kier molecular flexibility index (Phi) is 7.30. The average Bonchev–Trinajstić information content (AvgIpc) is 2.61. The summed E-state index contributed by atoms with van der Waals surface area (Å²) in [5, 5.41) is 14.7. The fraction of sp³-hybridized carbons (Fsp3) is 0.263. The van der Waals surface area contributed by atoms with Crippen molar-refractivity contribution in [2.45, 2.75) is 25.7 Å². The molecule has 30 heavy (non-hydrogen) atoms. The summed E-state index contributed by atoms with van der Waals surface area (Å²) >= 11 is 5.95. The Bertz CT molecular complexity index is 1110. The van der Waals surface area contributed by atoms with E-state index >= 15 is 0 Å². The van der Waals surface area contributed by atoms with Gasteiger partial charge < -0.3 is 0 Å². The number of hydrogen-bond acceptors (Lipinski definition) is 6. The summed E-state index contributed by atoms with van der Waals surface area (Å²) in [5.41, 5.74) is 4.39. The fourth-order valence-electron chi connectivity index (χ4n) is 2.97. The number of nitrogens with zero attached hydrogens (tertiary/aromatic N) is 3. The van der Waals surface area contributed by atoms with Crippen molar-refractivity contribution in [1.29, 1.82) is 0 Å². The maximum absolute atomic E-state index is 12.9. The quantitative estimate of drug-likeness (QED) is 0.393. The molecule has 2 aromatic rings. The summed E-state index contributed by atoms with van der Waals surface area (Å²) in [4.78, 5) is 22.5. The average molecular weight is 453 g/mol. The predicted molar refractivity (Wildman–Crippen MR) is 114 cm³/mol. The molecule has 9 nitrogen and oxygen atoms in total. The highest BCUT2D eigenvalue weighted by Crippen LogP contribution is 2.24. The SMILES string of the molecule is Cc1cc(C)c(S(=O)(=O)N(C)CC(=O)N/N=C\c2cc([N+](=O)[O-])ccc2Cl)c(C)c1. The van der Waals surface area contributed by atoms with E-state index in [1.165, 1.54) is 25.2 Å². The number of sulfonamides is 1. The van der Waals surface area contributed by atoms with E-state index in [4.69, 9.17) is 11.6 Å². The van der Waals surface area contributed by atoms with Crippen LogP contribution in [0.4, 0.5) is 5.69 Å². The van der Waals surface area contributed by atoms with Crippen molar-refractivity contribution in [2.24, 2.45) is 5.10 Å². The van der Waals surface area contributed by atoms with Crippen LogP contribution < -0.4 is 5.43 Å². The van der Waals surface area contributed by atoms with Gasteiger partial charge in [-0.15, -0.1) is 0 Å². The van der Waals surface area contributed by atoms with E-state index in [9.17, 15) is 23.3 Å². The predicted octanol–water partition coefficient (Wildman–Crippen LogP) is 2.94. The third kappa shape index (κ3) is 5.41. The molecule has 0 aromatic heterocycles. The summed E-state index contributed by atoms with van der Waals surface area (Å²) in [7, 11) is -2.59. The lowest BCUT2D eigenvalue weighted by atomic mass is 10.1. The number of likely N-dealkylation sites (N-methyl/N-ethyl adjacent to an activating group) is 1. The number of benzene rings is 2. The number of hydrazone groups is 1. The van der Waals surface area contributed by atoms with Gasteiger partial charge in [-0.05, 0) is 38.0 Å². The molecule has 0 atom stereocenters. The Morgan fingerprint density at radius 2 is 1.83 bits per heavy atom. The van der Waals surface area contributed by atoms with Crippen molar-refractivity contribution in [3.05, 3.63) is 67.7 Å². The minimum atomic E-state index is -3.89. The van der Waals surface area contributed by atoms with Crippen LogP contribution in [0.5, 0.6) is 0 Å². The van der Waals surface area contributed by atoms with E-state index in [0.29, 0.717) is 11.1 Å². The van der Waals surface area contributed by atoms with Gasteiger partial charge in [0, 0.05) is 29.8 Å². The van der Waals surface area contributed by atoms with E-state index in [0.717, 1.165) is 16.1 Å². The summed E-state index contributed by atoms with van der Waals surface area (Å²) in [6.07, 6.45) is 1.15. The maximum atomic E-state index is 12.9. The molecule has 0 saturated heterocycles. The first-order valence-corrected chi connectivity index (χ1v) is 10.6. The molecule has 1 N–H and O–H groups in total. The van der Waals surface area contributed by atoms with Crippen molar-refractivity contribution >= 4 is 39.4 Å². The van der Waals surface area contributed by atoms with E-state index in [2.05, 4.69) is 10.5 Å². The van der Waals surface area contributed by atoms with Gasteiger partial charge in [0.25, 0.3) is 11.6 Å². The minimum absolute atomic E-state index is 0.162. The largest absolute Gasteiger partial charge is 0.272 e. The van der Waals surface area contributed by atoms with Crippen LogP contribution in [0.2, 0.25) is 5.02 Å². The second kappa shape index (κ2) is 9.33. The topological polar surface area (TPSA) is 122 Å². The molecule has 0 radical (unpaired) electrons. The Balaban J connectivity index is 2.11. The van der Waals surface area contributed by atoms with E-state index in [-0.39, 0.29) is 21.2 Å². The van der Waals surface area contributed by atoms with Crippen molar-refractivity contribution in [3.8, 4) is 0 Å². The van der Waals surface area contributed by atoms with Gasteiger partial charge >= 0.3 is 0 Å². The molecule has 0 aliphatic rings. The standard InChI is InChI=1S/C19H21ClN4O5S/c1-12-7-13(2)19(14(3)8-12)30(28,29)23(4)11-18(25)22-21-10-15-9-16(24(26)27)5-6-17(15)20/h5-10H,11H2,1-4H3,(H,22,25)/b21-10-. The Morgan fingerprint density at radius 1 is 1.23 bits per heavy atom. The normalized spacial score (nSPS) is 11.8. The zero-order valence-electron chi connectivity index (χ0n) is 16.8. The van der Waals surface area contributed by atoms with Gasteiger partial charge in [0.15, 0.2) is 0 Å². The molecule has 11 heteroatoms. The highest BCUT2D eigenvalue weighted by Gasteiger charge is 2.26. The smallest absolute Gasteiger partial charge is 0.270 e. The lowest BCUT2D eigenvalue weighted by molar-refractivity contribution is -0.384. The molecule has 1 amide bonds. The van der Waals surface area contributed by atoms with Crippen LogP contribution in [0, 0.1) is 30.9 Å². The molecule has 0 aliphatic carbocycles. The lowest BCUT2D eigenvalue weighted by Gasteiger charge is -2.19. The number of hydrogen-bond donors (Lipinski definition) is 1. The lowest BCUT2D eigenvalue weighted by Crippen LogP contribution is -2.37. The van der Waals surface area contributed by atoms with Crippen LogP contribution in [-0.4, -0.2) is 43.4 Å². The Morgan fingerprint density at radius 3 is 2.40 bits per heavy atom. The monoisotopic (exact) mass is 452 g/mol. The highest BCUT2D eigenvalue weighted by molar-refractivity contribution is 7.89. The Hall–Kier alpha value is -2.82. The third-order valence-electron chi connectivity index (χ3n) is 4.22. The van der Waals surface area contributed by atoms with E-state index < -0.39 is 27.4 Å². The number of halogens is 1. The number of amides is 1. The van der Waals surface area contributed by atoms with E-state index in [1.54, 1.807) is 26.0 Å². The molecular weight excluding hydrogens is 432 g/mol. The van der Waals surface area contributed by atoms with Crippen molar-refractivity contribution in [3.63, 3.8) is 0 Å². The molecule has 0 aliphatic heterocycles. The maximum Gasteiger partial charge on any atom is 0.270 e. The fourth-order valence-corrected chi connectivity index (χ4v) is 4.67. The number of carbonyl (C=O) groups is 1. The summed E-state index contributed by atoms with van der Waals surface area (Å²) < 4.78 is 26.7. The highest BCUT2D eigenvalue weighted by atomic mass is 35.5. The number of aryl methyl sites for hydroxylation is 3. The Labute approximate surface area is 179 Å². The number of nitro benzene ring substituents is 1. The van der Waals surface area contributed by atoms with Gasteiger partial charge in [-0.25, -0.2) is 13.8 Å². The van der Waals surface area contributed by atoms with Crippen LogP contribution in [0.25, 0.3) is 0 Å². The van der Waals surface area contributed by atoms with Gasteiger partial charge in [0.1, 0.15) is 0 Å². The number of nitrogens with one attached hydrogen (secondary N) is 1. The van der Waals surface area contributed by atoms with Crippen molar-refractivity contribution in [2.75, 3.05) is 13.6 Å². The zero-order chi connectivity index (χ0) is 22.6. The van der Waals surface area contributed by atoms with Crippen LogP contribution in [-0.2, 0) is 14.8 Å². The number of rotatable bonds is 7. The second-order valence-electron chi connectivity index (χ2n) is 6.75. The van der Waals surface area contributed by atoms with Gasteiger partial charge in [0.2, 0.25) is 10.0 Å². The molecule has 0 fully saturated rings. The number of carbonyl (C=O) groups excluding carboxylic acids is 1. The van der Waals surface area contributed by atoms with Crippen LogP contribution in [0.15, 0.2) is 40.3 Å². The molecule has 160 valence electrons. The number of nitro groups is 1. The van der Waals surface area contributed by atoms with Gasteiger partial charge in [-0.3, -0.25) is 14.9 Å². The van der Waals surface area contributed by atoms with Gasteiger partial charge in [-0.2, -0.15) is 9.41 Å². The molecule has 0 saturated carbocycles. The molecule has 2 aromatic carbocycles. The second-order valence-corrected chi connectivity index (χ2v) is 9.13. The summed E-state index contributed by atoms with van der Waals surface area (Å²) in [6, 6.07) is 7.32. The summed E-state index contributed by atoms with van der Waals surface area (Å²) in [6.45, 7) is 4.82. The van der Waals surface area contributed by atoms with Crippen LogP contribution in [0.1, 0.15) is 22.3 Å². The molecule has 0 bridgehead atoms. The van der Waals surface area contributed by atoms with E-state index in [1.807, 2.05) is 6.92 Å². The van der Waals surface area contributed by atoms with Crippen LogP contribution in [0.3, 0.4) is 0 Å². The van der Waals surface area contributed by atoms with Gasteiger partial charge in [0.05, 0.1) is 22.6 Å². The third-order valence-corrected chi connectivity index (χ3v) is 6.68. The van der Waals surface area contributed by atoms with Crippen molar-refractivity contribution < 1.29 is 18.1 Å². The van der Waals surface area contributed by atoms with Gasteiger partial charge in [-0.1, -0.05) is 29.3 Å². The minimum Gasteiger partial charge on any atom is -0.272 e. The zero-order valence-corrected chi connectivity index (χ0v) is 18.4. The van der Waals surface area contributed by atoms with Crippen LogP contribution >= 0.6 is 11.6 Å². The van der Waals surface area contributed by atoms with Crippen molar-refractivity contribution in [1.82, 2.24) is 9.73 Å². The molecule has 0 heterocycles. The first-order chi connectivity index (χ1) is 13.9. The first kappa shape index (κ1) is 23.5. The molecule has 2 rings (SSSR count).